The molecule has 3 amide bonds. The molecule has 160 valence electrons. The first kappa shape index (κ1) is 19.2. The number of nitrogens with one attached hydrogen (secondary N) is 2. The zero-order chi connectivity index (χ0) is 21.5. The van der Waals surface area contributed by atoms with Crippen LogP contribution in [0.3, 0.4) is 0 Å². The smallest absolute Gasteiger partial charge is 0.265 e. The average Bonchev–Trinajstić information content (AvgIpc) is 3.16. The second-order valence-corrected chi connectivity index (χ2v) is 7.68. The van der Waals surface area contributed by atoms with Crippen molar-refractivity contribution in [2.24, 2.45) is 5.92 Å². The van der Waals surface area contributed by atoms with E-state index in [0.29, 0.717) is 47.5 Å². The molecule has 2 aromatic rings. The molecular formula is C22H21N3O6. The molecule has 5 rings (SSSR count). The van der Waals surface area contributed by atoms with Gasteiger partial charge in [0, 0.05) is 30.4 Å². The first-order valence-electron chi connectivity index (χ1n) is 10.1. The summed E-state index contributed by atoms with van der Waals surface area (Å²) in [5, 5.41) is 5.59. The predicted octanol–water partition coefficient (Wildman–Crippen LogP) is 2.17. The maximum atomic E-state index is 12.8. The Bertz CT molecular complexity index is 1080. The molecule has 0 bridgehead atoms. The van der Waals surface area contributed by atoms with Crippen molar-refractivity contribution in [1.82, 2.24) is 0 Å². The molecule has 0 aromatic heterocycles. The van der Waals surface area contributed by atoms with E-state index < -0.39 is 12.0 Å². The van der Waals surface area contributed by atoms with Gasteiger partial charge < -0.3 is 29.7 Å². The second-order valence-electron chi connectivity index (χ2n) is 7.68. The van der Waals surface area contributed by atoms with Gasteiger partial charge in [-0.3, -0.25) is 14.4 Å². The van der Waals surface area contributed by atoms with Crippen LogP contribution < -0.4 is 29.7 Å². The molecule has 2 atom stereocenters. The molecule has 0 saturated carbocycles. The van der Waals surface area contributed by atoms with Gasteiger partial charge in [0.25, 0.3) is 5.91 Å². The van der Waals surface area contributed by atoms with Gasteiger partial charge in [0.15, 0.2) is 17.6 Å². The van der Waals surface area contributed by atoms with Crippen molar-refractivity contribution in [3.8, 4) is 17.2 Å². The summed E-state index contributed by atoms with van der Waals surface area (Å²) in [4.78, 5) is 38.8. The van der Waals surface area contributed by atoms with Gasteiger partial charge in [-0.25, -0.2) is 0 Å². The third-order valence-electron chi connectivity index (χ3n) is 5.51. The topological polar surface area (TPSA) is 106 Å². The molecule has 2 aromatic carbocycles. The number of fused-ring (bicyclic) bond motifs is 2. The van der Waals surface area contributed by atoms with E-state index in [1.807, 2.05) is 0 Å². The normalized spacial score (nSPS) is 21.8. The largest absolute Gasteiger partial charge is 0.486 e. The summed E-state index contributed by atoms with van der Waals surface area (Å²) in [6, 6.07) is 10.4. The van der Waals surface area contributed by atoms with Crippen LogP contribution in [0.5, 0.6) is 17.2 Å². The number of anilines is 3. The fourth-order valence-corrected chi connectivity index (χ4v) is 3.86. The van der Waals surface area contributed by atoms with Crippen molar-refractivity contribution in [2.75, 3.05) is 35.3 Å². The number of ether oxygens (including phenoxy) is 3. The predicted molar refractivity (Wildman–Crippen MR) is 112 cm³/mol. The van der Waals surface area contributed by atoms with Gasteiger partial charge in [0.2, 0.25) is 11.8 Å². The lowest BCUT2D eigenvalue weighted by Gasteiger charge is -2.24. The highest BCUT2D eigenvalue weighted by Crippen LogP contribution is 2.36. The Hall–Kier alpha value is -3.75. The van der Waals surface area contributed by atoms with Gasteiger partial charge in [-0.2, -0.15) is 0 Å². The van der Waals surface area contributed by atoms with Crippen LogP contribution in [0.4, 0.5) is 17.1 Å². The van der Waals surface area contributed by atoms with Gasteiger partial charge in [0.05, 0.1) is 11.6 Å². The average molecular weight is 423 g/mol. The minimum Gasteiger partial charge on any atom is -0.486 e. The van der Waals surface area contributed by atoms with Crippen molar-refractivity contribution < 1.29 is 28.6 Å². The Kier molecular flexibility index (Phi) is 4.65. The van der Waals surface area contributed by atoms with Crippen molar-refractivity contribution >= 4 is 34.8 Å². The Labute approximate surface area is 178 Å². The number of benzene rings is 2. The summed E-state index contributed by atoms with van der Waals surface area (Å²) in [5.41, 5.74) is 1.70. The van der Waals surface area contributed by atoms with Crippen LogP contribution in [0.2, 0.25) is 0 Å². The summed E-state index contributed by atoms with van der Waals surface area (Å²) in [7, 11) is 0. The maximum absolute atomic E-state index is 12.8. The number of amides is 3. The van der Waals surface area contributed by atoms with Crippen molar-refractivity contribution in [2.45, 2.75) is 19.4 Å². The molecule has 3 aliphatic heterocycles. The molecular weight excluding hydrogens is 402 g/mol. The van der Waals surface area contributed by atoms with Gasteiger partial charge in [0.1, 0.15) is 19.0 Å². The van der Waals surface area contributed by atoms with Crippen molar-refractivity contribution in [3.63, 3.8) is 0 Å². The van der Waals surface area contributed by atoms with E-state index in [9.17, 15) is 14.4 Å². The van der Waals surface area contributed by atoms with E-state index in [-0.39, 0.29) is 30.7 Å². The summed E-state index contributed by atoms with van der Waals surface area (Å²) in [6.07, 6.45) is -0.452. The lowest BCUT2D eigenvalue weighted by molar-refractivity contribution is -0.122. The van der Waals surface area contributed by atoms with E-state index in [1.54, 1.807) is 48.2 Å². The molecule has 0 spiro atoms. The molecule has 31 heavy (non-hydrogen) atoms. The summed E-state index contributed by atoms with van der Waals surface area (Å²) in [6.45, 7) is 2.89. The van der Waals surface area contributed by atoms with Crippen LogP contribution in [0.15, 0.2) is 36.4 Å². The first-order valence-corrected chi connectivity index (χ1v) is 10.1. The Morgan fingerprint density at radius 2 is 1.84 bits per heavy atom. The number of nitrogens with zero attached hydrogens (tertiary/aromatic N) is 1. The first-order chi connectivity index (χ1) is 15.0. The Morgan fingerprint density at radius 1 is 1.06 bits per heavy atom. The maximum Gasteiger partial charge on any atom is 0.265 e. The molecule has 9 nitrogen and oxygen atoms in total. The third kappa shape index (κ3) is 3.63. The van der Waals surface area contributed by atoms with Gasteiger partial charge >= 0.3 is 0 Å². The van der Waals surface area contributed by atoms with E-state index in [4.69, 9.17) is 14.2 Å². The zero-order valence-electron chi connectivity index (χ0n) is 16.8. The zero-order valence-corrected chi connectivity index (χ0v) is 16.8. The van der Waals surface area contributed by atoms with Crippen LogP contribution in [0.1, 0.15) is 13.3 Å². The Morgan fingerprint density at radius 3 is 2.68 bits per heavy atom. The number of carbonyl (C=O) groups excluding carboxylic acids is 3. The fourth-order valence-electron chi connectivity index (χ4n) is 3.86. The van der Waals surface area contributed by atoms with E-state index in [0.717, 1.165) is 0 Å². The molecule has 2 N–H and O–H groups in total. The quantitative estimate of drug-likeness (QED) is 0.784. The van der Waals surface area contributed by atoms with Gasteiger partial charge in [-0.05, 0) is 37.3 Å². The van der Waals surface area contributed by atoms with Crippen LogP contribution in [-0.4, -0.2) is 43.6 Å². The minimum atomic E-state index is -0.566. The minimum absolute atomic E-state index is 0.114. The van der Waals surface area contributed by atoms with Crippen molar-refractivity contribution in [1.29, 1.82) is 0 Å². The van der Waals surface area contributed by atoms with Crippen LogP contribution in [0, 0.1) is 5.92 Å². The van der Waals surface area contributed by atoms with Gasteiger partial charge in [-0.15, -0.1) is 0 Å². The number of rotatable bonds is 3. The number of hydrogen-bond donors (Lipinski definition) is 2. The lowest BCUT2D eigenvalue weighted by atomic mass is 10.1. The molecule has 3 aliphatic rings. The number of hydrogen-bond acceptors (Lipinski definition) is 6. The van der Waals surface area contributed by atoms with Gasteiger partial charge in [-0.1, -0.05) is 0 Å². The van der Waals surface area contributed by atoms with Crippen molar-refractivity contribution in [3.05, 3.63) is 36.4 Å². The highest BCUT2D eigenvalue weighted by molar-refractivity contribution is 6.04. The second kappa shape index (κ2) is 7.50. The summed E-state index contributed by atoms with van der Waals surface area (Å²) in [5.74, 6) is 0.661. The van der Waals surface area contributed by atoms with E-state index in [2.05, 4.69) is 10.6 Å². The highest BCUT2D eigenvalue weighted by Gasteiger charge is 2.36. The van der Waals surface area contributed by atoms with Crippen LogP contribution in [0.25, 0.3) is 0 Å². The fraction of sp³-hybridized carbons (Fsp3) is 0.318. The molecule has 1 saturated heterocycles. The monoisotopic (exact) mass is 423 g/mol. The summed E-state index contributed by atoms with van der Waals surface area (Å²) < 4.78 is 16.6. The highest BCUT2D eigenvalue weighted by atomic mass is 16.6. The molecule has 0 radical (unpaired) electrons. The van der Waals surface area contributed by atoms with Crippen LogP contribution in [-0.2, 0) is 14.4 Å². The SMILES string of the molecule is CC1Oc2ccc(NC(=O)C3CC(=O)N(c4ccc5c(c4)OCCO5)C3)cc2NC1=O. The lowest BCUT2D eigenvalue weighted by Crippen LogP contribution is -2.34. The third-order valence-corrected chi connectivity index (χ3v) is 5.51. The molecule has 9 heteroatoms. The number of carbonyl (C=O) groups is 3. The molecule has 0 aliphatic carbocycles. The molecule has 1 fully saturated rings. The van der Waals surface area contributed by atoms with Crippen LogP contribution >= 0.6 is 0 Å². The molecule has 2 unspecified atom stereocenters. The van der Waals surface area contributed by atoms with E-state index in [1.165, 1.54) is 0 Å². The Balaban J connectivity index is 1.28. The van der Waals surface area contributed by atoms with E-state index >= 15 is 0 Å². The summed E-state index contributed by atoms with van der Waals surface area (Å²) >= 11 is 0. The standard InChI is InChI=1S/C22H21N3O6/c1-12-21(27)24-16-9-14(2-4-17(16)31-12)23-22(28)13-8-20(26)25(11-13)15-3-5-18-19(10-15)30-7-6-29-18/h2-5,9-10,12-13H,6-8,11H2,1H3,(H,23,28)(H,24,27). The molecule has 3 heterocycles.